The van der Waals surface area contributed by atoms with Gasteiger partial charge in [-0.05, 0) is 44.5 Å². The molecule has 0 radical (unpaired) electrons. The summed E-state index contributed by atoms with van der Waals surface area (Å²) in [5, 5.41) is 4.37. The third-order valence-corrected chi connectivity index (χ3v) is 3.80. The molecule has 1 aromatic heterocycles. The average molecular weight is 249 g/mol. The van der Waals surface area contributed by atoms with E-state index in [0.29, 0.717) is 0 Å². The van der Waals surface area contributed by atoms with Gasteiger partial charge in [0.1, 0.15) is 5.82 Å². The van der Waals surface area contributed by atoms with Crippen molar-refractivity contribution in [1.29, 1.82) is 0 Å². The molecule has 0 saturated carbocycles. The summed E-state index contributed by atoms with van der Waals surface area (Å²) in [6.45, 7) is 4.16. The van der Waals surface area contributed by atoms with Gasteiger partial charge in [-0.15, -0.1) is 11.3 Å². The molecule has 0 saturated heterocycles. The van der Waals surface area contributed by atoms with E-state index in [1.165, 1.54) is 16.5 Å². The maximum atomic E-state index is 13.1. The van der Waals surface area contributed by atoms with Crippen molar-refractivity contribution in [3.63, 3.8) is 0 Å². The Balaban J connectivity index is 2.44. The third kappa shape index (κ3) is 2.73. The van der Waals surface area contributed by atoms with E-state index in [1.807, 2.05) is 13.1 Å². The van der Waals surface area contributed by atoms with Gasteiger partial charge in [0.05, 0.1) is 6.04 Å². The lowest BCUT2D eigenvalue weighted by atomic mass is 10.1. The zero-order valence-electron chi connectivity index (χ0n) is 10.3. The van der Waals surface area contributed by atoms with Crippen LogP contribution in [0.2, 0.25) is 0 Å². The molecule has 0 spiro atoms. The standard InChI is InChI=1S/C14H16FNS/c1-9(2)6-12(16-3)14-7-10-4-5-11(15)8-13(10)17-14/h4-8,12,16H,1-3H3. The number of fused-ring (bicyclic) bond motifs is 1. The SMILES string of the molecule is CNC(C=C(C)C)c1cc2ccc(F)cc2s1. The summed E-state index contributed by atoms with van der Waals surface area (Å²) < 4.78 is 14.1. The minimum absolute atomic E-state index is 0.172. The van der Waals surface area contributed by atoms with Gasteiger partial charge in [0, 0.05) is 9.58 Å². The predicted molar refractivity (Wildman–Crippen MR) is 73.0 cm³/mol. The topological polar surface area (TPSA) is 12.0 Å². The molecule has 0 aliphatic rings. The number of likely N-dealkylation sites (N-methyl/N-ethyl adjacent to an activating group) is 1. The minimum Gasteiger partial charge on any atom is -0.309 e. The van der Waals surface area contributed by atoms with Crippen molar-refractivity contribution < 1.29 is 4.39 Å². The van der Waals surface area contributed by atoms with Gasteiger partial charge in [-0.1, -0.05) is 17.7 Å². The van der Waals surface area contributed by atoms with Gasteiger partial charge in [0.2, 0.25) is 0 Å². The largest absolute Gasteiger partial charge is 0.309 e. The van der Waals surface area contributed by atoms with Gasteiger partial charge in [-0.25, -0.2) is 4.39 Å². The highest BCUT2D eigenvalue weighted by molar-refractivity contribution is 7.19. The third-order valence-electron chi connectivity index (χ3n) is 2.62. The van der Waals surface area contributed by atoms with Gasteiger partial charge >= 0.3 is 0 Å². The fourth-order valence-electron chi connectivity index (χ4n) is 1.82. The van der Waals surface area contributed by atoms with Crippen molar-refractivity contribution in [1.82, 2.24) is 5.32 Å². The molecule has 1 heterocycles. The second-order valence-corrected chi connectivity index (χ2v) is 5.46. The fraction of sp³-hybridized carbons (Fsp3) is 0.286. The molecular weight excluding hydrogens is 233 g/mol. The molecule has 1 aromatic carbocycles. The first-order chi connectivity index (χ1) is 8.10. The zero-order chi connectivity index (χ0) is 12.4. The van der Waals surface area contributed by atoms with E-state index in [4.69, 9.17) is 0 Å². The Labute approximate surface area is 105 Å². The maximum Gasteiger partial charge on any atom is 0.124 e. The molecule has 0 amide bonds. The van der Waals surface area contributed by atoms with Crippen molar-refractivity contribution in [2.75, 3.05) is 7.05 Å². The Kier molecular flexibility index (Phi) is 3.60. The lowest BCUT2D eigenvalue weighted by Gasteiger charge is -2.09. The van der Waals surface area contributed by atoms with Gasteiger partial charge in [-0.2, -0.15) is 0 Å². The second-order valence-electron chi connectivity index (χ2n) is 4.34. The monoisotopic (exact) mass is 249 g/mol. The molecule has 1 N–H and O–H groups in total. The van der Waals surface area contributed by atoms with Crippen LogP contribution in [0.15, 0.2) is 35.9 Å². The summed E-state index contributed by atoms with van der Waals surface area (Å²) in [4.78, 5) is 1.22. The lowest BCUT2D eigenvalue weighted by Crippen LogP contribution is -2.12. The molecule has 0 fully saturated rings. The fourth-order valence-corrected chi connectivity index (χ4v) is 2.99. The van der Waals surface area contributed by atoms with Crippen LogP contribution < -0.4 is 5.32 Å². The molecule has 0 aliphatic heterocycles. The maximum absolute atomic E-state index is 13.1. The molecule has 17 heavy (non-hydrogen) atoms. The molecule has 2 aromatic rings. The van der Waals surface area contributed by atoms with Crippen molar-refractivity contribution in [3.8, 4) is 0 Å². The number of halogens is 1. The van der Waals surface area contributed by atoms with Crippen LogP contribution in [-0.4, -0.2) is 7.05 Å². The summed E-state index contributed by atoms with van der Waals surface area (Å²) in [5.74, 6) is -0.172. The molecule has 3 heteroatoms. The highest BCUT2D eigenvalue weighted by atomic mass is 32.1. The first-order valence-corrected chi connectivity index (χ1v) is 6.43. The van der Waals surface area contributed by atoms with Crippen molar-refractivity contribution in [2.24, 2.45) is 0 Å². The first kappa shape index (κ1) is 12.3. The van der Waals surface area contributed by atoms with Gasteiger partial charge < -0.3 is 5.32 Å². The second kappa shape index (κ2) is 4.98. The number of benzene rings is 1. The van der Waals surface area contributed by atoms with E-state index in [-0.39, 0.29) is 11.9 Å². The number of allylic oxidation sites excluding steroid dienone is 1. The van der Waals surface area contributed by atoms with E-state index < -0.39 is 0 Å². The Morgan fingerprint density at radius 1 is 1.35 bits per heavy atom. The Hall–Kier alpha value is -1.19. The number of hydrogen-bond acceptors (Lipinski definition) is 2. The van der Waals surface area contributed by atoms with Gasteiger partial charge in [0.25, 0.3) is 0 Å². The smallest absolute Gasteiger partial charge is 0.124 e. The molecule has 2 rings (SSSR count). The van der Waals surface area contributed by atoms with Crippen molar-refractivity contribution in [2.45, 2.75) is 19.9 Å². The van der Waals surface area contributed by atoms with Crippen LogP contribution in [0.4, 0.5) is 4.39 Å². The summed E-state index contributed by atoms with van der Waals surface area (Å²) in [6.07, 6.45) is 2.18. The quantitative estimate of drug-likeness (QED) is 0.801. The molecule has 1 atom stereocenters. The average Bonchev–Trinajstić information content (AvgIpc) is 2.68. The molecule has 0 aliphatic carbocycles. The summed E-state index contributed by atoms with van der Waals surface area (Å²) in [7, 11) is 1.94. The van der Waals surface area contributed by atoms with Crippen LogP contribution in [0.3, 0.4) is 0 Å². The predicted octanol–water partition coefficient (Wildman–Crippen LogP) is 4.27. The highest BCUT2D eigenvalue weighted by Crippen LogP contribution is 2.31. The van der Waals surface area contributed by atoms with Crippen LogP contribution >= 0.6 is 11.3 Å². The summed E-state index contributed by atoms with van der Waals surface area (Å²) >= 11 is 1.64. The number of hydrogen-bond donors (Lipinski definition) is 1. The van der Waals surface area contributed by atoms with Gasteiger partial charge in [-0.3, -0.25) is 0 Å². The van der Waals surface area contributed by atoms with Crippen LogP contribution in [0.25, 0.3) is 10.1 Å². The van der Waals surface area contributed by atoms with E-state index >= 15 is 0 Å². The van der Waals surface area contributed by atoms with Crippen molar-refractivity contribution >= 4 is 21.4 Å². The minimum atomic E-state index is -0.172. The zero-order valence-corrected chi connectivity index (χ0v) is 11.1. The van der Waals surface area contributed by atoms with Crippen LogP contribution in [-0.2, 0) is 0 Å². The molecule has 1 nitrogen and oxygen atoms in total. The molecule has 90 valence electrons. The Morgan fingerprint density at radius 2 is 2.12 bits per heavy atom. The van der Waals surface area contributed by atoms with E-state index in [1.54, 1.807) is 17.4 Å². The number of thiophene rings is 1. The first-order valence-electron chi connectivity index (χ1n) is 5.61. The molecular formula is C14H16FNS. The van der Waals surface area contributed by atoms with Crippen LogP contribution in [0, 0.1) is 5.82 Å². The number of rotatable bonds is 3. The normalized spacial score (nSPS) is 12.7. The summed E-state index contributed by atoms with van der Waals surface area (Å²) in [5.41, 5.74) is 1.27. The molecule has 0 bridgehead atoms. The highest BCUT2D eigenvalue weighted by Gasteiger charge is 2.10. The molecule has 1 unspecified atom stereocenters. The van der Waals surface area contributed by atoms with E-state index in [9.17, 15) is 4.39 Å². The van der Waals surface area contributed by atoms with Crippen LogP contribution in [0.5, 0.6) is 0 Å². The summed E-state index contributed by atoms with van der Waals surface area (Å²) in [6, 6.07) is 7.27. The van der Waals surface area contributed by atoms with E-state index in [2.05, 4.69) is 31.3 Å². The Bertz CT molecular complexity index is 552. The van der Waals surface area contributed by atoms with Gasteiger partial charge in [0.15, 0.2) is 0 Å². The number of nitrogens with one attached hydrogen (secondary N) is 1. The van der Waals surface area contributed by atoms with Crippen LogP contribution in [0.1, 0.15) is 24.8 Å². The van der Waals surface area contributed by atoms with E-state index in [0.717, 1.165) is 10.1 Å². The van der Waals surface area contributed by atoms with Crippen molar-refractivity contribution in [3.05, 3.63) is 46.6 Å². The lowest BCUT2D eigenvalue weighted by molar-refractivity contribution is 0.630. The Morgan fingerprint density at radius 3 is 2.76 bits per heavy atom.